The first-order valence-electron chi connectivity index (χ1n) is 6.27. The van der Waals surface area contributed by atoms with Crippen LogP contribution in [0.25, 0.3) is 0 Å². The highest BCUT2D eigenvalue weighted by Gasteiger charge is 2.41. The van der Waals surface area contributed by atoms with Gasteiger partial charge in [0.05, 0.1) is 25.2 Å². The van der Waals surface area contributed by atoms with Crippen molar-refractivity contribution in [3.8, 4) is 18.0 Å². The maximum atomic E-state index is 11.4. The Morgan fingerprint density at radius 3 is 2.27 bits per heavy atom. The summed E-state index contributed by atoms with van der Waals surface area (Å²) in [5.74, 6) is -0.264. The lowest BCUT2D eigenvalue weighted by Gasteiger charge is -2.23. The lowest BCUT2D eigenvalue weighted by Crippen LogP contribution is -2.26. The van der Waals surface area contributed by atoms with Crippen molar-refractivity contribution >= 4 is 5.69 Å². The van der Waals surface area contributed by atoms with Gasteiger partial charge < -0.3 is 9.47 Å². The molecule has 0 spiro atoms. The highest BCUT2D eigenvalue weighted by atomic mass is 16.6. The van der Waals surface area contributed by atoms with Crippen LogP contribution in [0.1, 0.15) is 18.5 Å². The van der Waals surface area contributed by atoms with Gasteiger partial charge in [0.15, 0.2) is 5.69 Å². The molecule has 116 valence electrons. The molecule has 8 heteroatoms. The van der Waals surface area contributed by atoms with Crippen LogP contribution < -0.4 is 9.47 Å². The summed E-state index contributed by atoms with van der Waals surface area (Å²) in [4.78, 5) is 18.6. The molecule has 1 rings (SSSR count). The Hall–Kier alpha value is -2.95. The fourth-order valence-corrected chi connectivity index (χ4v) is 2.06. The third-order valence-corrected chi connectivity index (χ3v) is 3.04. The van der Waals surface area contributed by atoms with E-state index in [2.05, 4.69) is 29.2 Å². The predicted molar refractivity (Wildman–Crippen MR) is 78.7 cm³/mol. The molecule has 0 N–H and O–H groups in total. The average Bonchev–Trinajstić information content (AvgIpc) is 2.52. The zero-order valence-electron chi connectivity index (χ0n) is 12.4. The topological polar surface area (TPSA) is 111 Å². The third kappa shape index (κ3) is 3.03. The Morgan fingerprint density at radius 2 is 1.91 bits per heavy atom. The van der Waals surface area contributed by atoms with Gasteiger partial charge in [-0.3, -0.25) is 10.1 Å². The van der Waals surface area contributed by atoms with Gasteiger partial charge in [0, 0.05) is 0 Å². The first kappa shape index (κ1) is 17.1. The quantitative estimate of drug-likeness (QED) is 0.411. The van der Waals surface area contributed by atoms with Crippen LogP contribution in [-0.2, 0) is 5.41 Å². The molecular weight excluding hydrogens is 288 g/mol. The summed E-state index contributed by atoms with van der Waals surface area (Å²) in [6.45, 7) is 7.20. The van der Waals surface area contributed by atoms with Crippen molar-refractivity contribution in [2.24, 2.45) is 0 Å². The van der Waals surface area contributed by atoms with E-state index in [1.54, 1.807) is 0 Å². The summed E-state index contributed by atoms with van der Waals surface area (Å²) in [6, 6.07) is 1.96. The molecule has 8 nitrogen and oxygen atoms in total. The van der Waals surface area contributed by atoms with Gasteiger partial charge >= 0.3 is 17.6 Å². The van der Waals surface area contributed by atoms with Crippen LogP contribution in [0.5, 0.6) is 11.9 Å². The number of hydrogen-bond acceptors (Lipinski definition) is 7. The number of nitrogens with zero attached hydrogens (tertiary/aromatic N) is 4. The van der Waals surface area contributed by atoms with Crippen LogP contribution in [-0.4, -0.2) is 29.1 Å². The number of methoxy groups -OCH3 is 2. The number of nitriles is 1. The van der Waals surface area contributed by atoms with E-state index in [4.69, 9.17) is 9.47 Å². The van der Waals surface area contributed by atoms with Gasteiger partial charge in [0.1, 0.15) is 5.41 Å². The summed E-state index contributed by atoms with van der Waals surface area (Å²) in [6.07, 6.45) is 3.30. The zero-order chi connectivity index (χ0) is 16.8. The fourth-order valence-electron chi connectivity index (χ4n) is 2.06. The van der Waals surface area contributed by atoms with E-state index in [9.17, 15) is 15.4 Å². The smallest absolute Gasteiger partial charge is 0.354 e. The Balaban J connectivity index is 3.79. The molecule has 22 heavy (non-hydrogen) atoms. The number of ether oxygens (including phenoxy) is 2. The van der Waals surface area contributed by atoms with Crippen LogP contribution in [0, 0.1) is 21.4 Å². The number of aromatic nitrogens is 2. The van der Waals surface area contributed by atoms with E-state index >= 15 is 0 Å². The minimum atomic E-state index is -1.30. The lowest BCUT2D eigenvalue weighted by molar-refractivity contribution is -0.387. The molecule has 0 aliphatic carbocycles. The van der Waals surface area contributed by atoms with Crippen molar-refractivity contribution in [2.45, 2.75) is 18.3 Å². The minimum Gasteiger partial charge on any atom is -0.476 e. The first-order valence-corrected chi connectivity index (χ1v) is 6.27. The largest absolute Gasteiger partial charge is 0.476 e. The van der Waals surface area contributed by atoms with Crippen LogP contribution >= 0.6 is 0 Å². The lowest BCUT2D eigenvalue weighted by atomic mass is 9.78. The first-order chi connectivity index (χ1) is 10.5. The zero-order valence-corrected chi connectivity index (χ0v) is 12.4. The molecular formula is C14H16N4O4. The van der Waals surface area contributed by atoms with Crippen LogP contribution in [0.3, 0.4) is 0 Å². The summed E-state index contributed by atoms with van der Waals surface area (Å²) in [5.41, 5.74) is -1.84. The van der Waals surface area contributed by atoms with Crippen molar-refractivity contribution in [3.05, 3.63) is 41.1 Å². The molecule has 1 aromatic heterocycles. The fraction of sp³-hybridized carbons (Fsp3) is 0.357. The van der Waals surface area contributed by atoms with Crippen molar-refractivity contribution in [2.75, 3.05) is 14.2 Å². The van der Waals surface area contributed by atoms with Crippen LogP contribution in [0.15, 0.2) is 25.3 Å². The van der Waals surface area contributed by atoms with Gasteiger partial charge in [-0.05, 0) is 12.8 Å². The van der Waals surface area contributed by atoms with Gasteiger partial charge in [-0.2, -0.15) is 15.2 Å². The third-order valence-electron chi connectivity index (χ3n) is 3.04. The highest BCUT2D eigenvalue weighted by molar-refractivity contribution is 5.52. The SMILES string of the molecule is C=CCC(C#N)(CC=C)c1nc(OC)nc(OC)c1[N+](=O)[O-]. The van der Waals surface area contributed by atoms with Gasteiger partial charge in [0.25, 0.3) is 0 Å². The molecule has 0 fully saturated rings. The second-order valence-corrected chi connectivity index (χ2v) is 4.35. The molecule has 0 saturated carbocycles. The van der Waals surface area contributed by atoms with Gasteiger partial charge in [-0.1, -0.05) is 12.2 Å². The molecule has 0 aliphatic rings. The standard InChI is InChI=1S/C14H16N4O4/c1-5-7-14(9-15,8-6-2)11-10(18(19)20)12(21-3)17-13(16-11)22-4/h5-6H,1-2,7-8H2,3-4H3. The van der Waals surface area contributed by atoms with Gasteiger partial charge in [-0.15, -0.1) is 13.2 Å². The van der Waals surface area contributed by atoms with Crippen LogP contribution in [0.2, 0.25) is 0 Å². The van der Waals surface area contributed by atoms with E-state index in [-0.39, 0.29) is 30.4 Å². The average molecular weight is 304 g/mol. The Bertz CT molecular complexity index is 626. The van der Waals surface area contributed by atoms with Crippen LogP contribution in [0.4, 0.5) is 5.69 Å². The number of hydrogen-bond donors (Lipinski definition) is 0. The van der Waals surface area contributed by atoms with E-state index < -0.39 is 16.0 Å². The second-order valence-electron chi connectivity index (χ2n) is 4.35. The summed E-state index contributed by atoms with van der Waals surface area (Å²) >= 11 is 0. The molecule has 0 bridgehead atoms. The number of allylic oxidation sites excluding steroid dienone is 2. The van der Waals surface area contributed by atoms with Gasteiger partial charge in [0.2, 0.25) is 0 Å². The summed E-state index contributed by atoms with van der Waals surface area (Å²) in [5, 5.41) is 21.0. The van der Waals surface area contributed by atoms with Crippen molar-refractivity contribution in [1.82, 2.24) is 9.97 Å². The Kier molecular flexibility index (Phi) is 5.57. The van der Waals surface area contributed by atoms with Crippen molar-refractivity contribution in [1.29, 1.82) is 5.26 Å². The normalized spacial score (nSPS) is 10.4. The Labute approximate surface area is 127 Å². The molecule has 1 heterocycles. The van der Waals surface area contributed by atoms with Crippen molar-refractivity contribution in [3.63, 3.8) is 0 Å². The van der Waals surface area contributed by atoms with E-state index in [1.165, 1.54) is 26.4 Å². The Morgan fingerprint density at radius 1 is 1.32 bits per heavy atom. The van der Waals surface area contributed by atoms with E-state index in [1.807, 2.05) is 0 Å². The number of nitro groups is 1. The maximum Gasteiger partial charge on any atom is 0.354 e. The molecule has 0 unspecified atom stereocenters. The van der Waals surface area contributed by atoms with Crippen molar-refractivity contribution < 1.29 is 14.4 Å². The van der Waals surface area contributed by atoms with E-state index in [0.717, 1.165) is 0 Å². The molecule has 0 aromatic carbocycles. The molecule has 0 saturated heterocycles. The van der Waals surface area contributed by atoms with Gasteiger partial charge in [-0.25, -0.2) is 0 Å². The molecule has 0 aliphatic heterocycles. The summed E-state index contributed by atoms with van der Waals surface area (Å²) < 4.78 is 9.89. The second kappa shape index (κ2) is 7.17. The predicted octanol–water partition coefficient (Wildman–Crippen LogP) is 2.32. The summed E-state index contributed by atoms with van der Waals surface area (Å²) in [7, 11) is 2.56. The van der Waals surface area contributed by atoms with E-state index in [0.29, 0.717) is 0 Å². The highest BCUT2D eigenvalue weighted by Crippen LogP contribution is 2.41. The monoisotopic (exact) mass is 304 g/mol. The minimum absolute atomic E-state index is 0.0801. The molecule has 0 radical (unpaired) electrons. The number of rotatable bonds is 8. The molecule has 1 aromatic rings. The molecule has 0 atom stereocenters. The maximum absolute atomic E-state index is 11.4. The molecule has 0 amide bonds.